The van der Waals surface area contributed by atoms with E-state index in [0.29, 0.717) is 0 Å². The molecule has 2 N–H and O–H groups in total. The molecule has 0 saturated heterocycles. The number of carbonyl (C=O) groups is 2. The molecule has 0 aliphatic carbocycles. The number of hydrogen-bond donors (Lipinski definition) is 2. The lowest BCUT2D eigenvalue weighted by atomic mass is 10.1. The van der Waals surface area contributed by atoms with Crippen LogP contribution >= 0.6 is 0 Å². The molecule has 120 valence electrons. The second-order valence-corrected chi connectivity index (χ2v) is 4.43. The first-order chi connectivity index (χ1) is 10.4. The maximum Gasteiger partial charge on any atom is 0.387 e. The highest BCUT2D eigenvalue weighted by atomic mass is 19.3. The number of rotatable bonds is 8. The van der Waals surface area contributed by atoms with Gasteiger partial charge >= 0.3 is 12.6 Å². The van der Waals surface area contributed by atoms with Crippen molar-refractivity contribution in [3.63, 3.8) is 0 Å². The van der Waals surface area contributed by atoms with Crippen LogP contribution < -0.4 is 10.1 Å². The molecular formula is C15H17F2NO4. The Balaban J connectivity index is 2.73. The quantitative estimate of drug-likeness (QED) is 0.723. The minimum atomic E-state index is -2.99. The van der Waals surface area contributed by atoms with E-state index in [4.69, 9.17) is 5.11 Å². The third kappa shape index (κ3) is 5.90. The number of aliphatic carboxylic acids is 1. The zero-order chi connectivity index (χ0) is 16.5. The van der Waals surface area contributed by atoms with Crippen molar-refractivity contribution in [2.45, 2.75) is 32.4 Å². The number of benzene rings is 1. The third-order valence-electron chi connectivity index (χ3n) is 2.78. The first-order valence-electron chi connectivity index (χ1n) is 6.60. The standard InChI is InChI=1S/C15H17F2NO4/c1-2-3-7-11(14(20)21)18-13(19)9-10-6-4-5-8-12(10)22-15(16)17/h2-6,8,11,15H,7,9H2,1H3,(H,18,19)(H,20,21)/b3-2+. The number of ether oxygens (including phenoxy) is 1. The van der Waals surface area contributed by atoms with Gasteiger partial charge in [0.25, 0.3) is 0 Å². The monoisotopic (exact) mass is 313 g/mol. The fourth-order valence-corrected chi connectivity index (χ4v) is 1.77. The molecule has 0 aliphatic rings. The molecule has 1 atom stereocenters. The Morgan fingerprint density at radius 3 is 2.64 bits per heavy atom. The van der Waals surface area contributed by atoms with Crippen LogP contribution in [-0.4, -0.2) is 29.6 Å². The van der Waals surface area contributed by atoms with Crippen LogP contribution in [-0.2, 0) is 16.0 Å². The number of carbonyl (C=O) groups excluding carboxylic acids is 1. The van der Waals surface area contributed by atoms with Crippen LogP contribution in [0.25, 0.3) is 0 Å². The molecule has 0 aromatic heterocycles. The number of alkyl halides is 2. The van der Waals surface area contributed by atoms with Gasteiger partial charge in [-0.2, -0.15) is 8.78 Å². The average molecular weight is 313 g/mol. The number of halogens is 2. The number of carboxylic acids is 1. The minimum Gasteiger partial charge on any atom is -0.480 e. The van der Waals surface area contributed by atoms with E-state index in [1.54, 1.807) is 25.1 Å². The Labute approximate surface area is 126 Å². The molecule has 0 fully saturated rings. The Morgan fingerprint density at radius 2 is 2.05 bits per heavy atom. The van der Waals surface area contributed by atoms with Gasteiger partial charge in [-0.1, -0.05) is 30.4 Å². The van der Waals surface area contributed by atoms with E-state index in [0.717, 1.165) is 0 Å². The van der Waals surface area contributed by atoms with Crippen molar-refractivity contribution >= 4 is 11.9 Å². The molecular weight excluding hydrogens is 296 g/mol. The highest BCUT2D eigenvalue weighted by molar-refractivity contribution is 5.85. The Bertz CT molecular complexity index is 546. The fourth-order valence-electron chi connectivity index (χ4n) is 1.77. The first kappa shape index (κ1) is 17.6. The molecule has 1 amide bonds. The molecule has 5 nitrogen and oxygen atoms in total. The van der Waals surface area contributed by atoms with E-state index in [1.807, 2.05) is 0 Å². The van der Waals surface area contributed by atoms with Crippen LogP contribution in [0.3, 0.4) is 0 Å². The third-order valence-corrected chi connectivity index (χ3v) is 2.78. The molecule has 0 radical (unpaired) electrons. The van der Waals surface area contributed by atoms with Crippen LogP contribution in [0, 0.1) is 0 Å². The van der Waals surface area contributed by atoms with Gasteiger partial charge in [0.2, 0.25) is 5.91 Å². The lowest BCUT2D eigenvalue weighted by Gasteiger charge is -2.14. The zero-order valence-corrected chi connectivity index (χ0v) is 12.0. The van der Waals surface area contributed by atoms with Gasteiger partial charge in [0, 0.05) is 5.56 Å². The summed E-state index contributed by atoms with van der Waals surface area (Å²) in [7, 11) is 0. The highest BCUT2D eigenvalue weighted by Gasteiger charge is 2.19. The van der Waals surface area contributed by atoms with Gasteiger partial charge in [-0.05, 0) is 19.4 Å². The lowest BCUT2D eigenvalue weighted by molar-refractivity contribution is -0.141. The molecule has 22 heavy (non-hydrogen) atoms. The number of para-hydroxylation sites is 1. The van der Waals surface area contributed by atoms with Gasteiger partial charge in [-0.25, -0.2) is 4.79 Å². The zero-order valence-electron chi connectivity index (χ0n) is 12.0. The van der Waals surface area contributed by atoms with Crippen molar-refractivity contribution in [2.24, 2.45) is 0 Å². The summed E-state index contributed by atoms with van der Waals surface area (Å²) in [5.74, 6) is -1.85. The number of carboxylic acid groups (broad SMARTS) is 1. The van der Waals surface area contributed by atoms with Crippen LogP contribution in [0.15, 0.2) is 36.4 Å². The summed E-state index contributed by atoms with van der Waals surface area (Å²) in [6.45, 7) is -1.26. The summed E-state index contributed by atoms with van der Waals surface area (Å²) in [5, 5.41) is 11.4. The second kappa shape index (κ2) is 8.76. The van der Waals surface area contributed by atoms with E-state index >= 15 is 0 Å². The molecule has 1 unspecified atom stereocenters. The molecule has 0 heterocycles. The van der Waals surface area contributed by atoms with Crippen molar-refractivity contribution in [2.75, 3.05) is 0 Å². The topological polar surface area (TPSA) is 75.6 Å². The van der Waals surface area contributed by atoms with Crippen molar-refractivity contribution in [1.29, 1.82) is 0 Å². The number of amides is 1. The normalized spacial score (nSPS) is 12.4. The summed E-state index contributed by atoms with van der Waals surface area (Å²) in [5.41, 5.74) is 0.260. The Kier molecular flexibility index (Phi) is 7.01. The first-order valence-corrected chi connectivity index (χ1v) is 6.60. The fraction of sp³-hybridized carbons (Fsp3) is 0.333. The predicted octanol–water partition coefficient (Wildman–Crippen LogP) is 2.37. The van der Waals surface area contributed by atoms with Gasteiger partial charge in [-0.15, -0.1) is 0 Å². The molecule has 1 rings (SSSR count). The number of allylic oxidation sites excluding steroid dienone is 1. The van der Waals surface area contributed by atoms with E-state index in [9.17, 15) is 18.4 Å². The van der Waals surface area contributed by atoms with Crippen molar-refractivity contribution < 1.29 is 28.2 Å². The largest absolute Gasteiger partial charge is 0.480 e. The van der Waals surface area contributed by atoms with Crippen molar-refractivity contribution in [1.82, 2.24) is 5.32 Å². The molecule has 0 saturated carbocycles. The van der Waals surface area contributed by atoms with E-state index in [2.05, 4.69) is 10.1 Å². The van der Waals surface area contributed by atoms with Gasteiger partial charge < -0.3 is 15.2 Å². The lowest BCUT2D eigenvalue weighted by Crippen LogP contribution is -2.41. The van der Waals surface area contributed by atoms with Crippen molar-refractivity contribution in [3.8, 4) is 5.75 Å². The van der Waals surface area contributed by atoms with E-state index in [-0.39, 0.29) is 24.2 Å². The van der Waals surface area contributed by atoms with E-state index < -0.39 is 24.5 Å². The van der Waals surface area contributed by atoms with Gasteiger partial charge in [0.1, 0.15) is 11.8 Å². The van der Waals surface area contributed by atoms with Crippen LogP contribution in [0.2, 0.25) is 0 Å². The predicted molar refractivity (Wildman–Crippen MR) is 75.8 cm³/mol. The van der Waals surface area contributed by atoms with Crippen LogP contribution in [0.4, 0.5) is 8.78 Å². The molecule has 0 bridgehead atoms. The number of nitrogens with one attached hydrogen (secondary N) is 1. The highest BCUT2D eigenvalue weighted by Crippen LogP contribution is 2.20. The summed E-state index contributed by atoms with van der Waals surface area (Å²) >= 11 is 0. The SMILES string of the molecule is C/C=C/CC(NC(=O)Cc1ccccc1OC(F)F)C(=O)O. The van der Waals surface area contributed by atoms with Gasteiger partial charge in [-0.3, -0.25) is 4.79 Å². The molecule has 1 aromatic carbocycles. The molecule has 7 heteroatoms. The second-order valence-electron chi connectivity index (χ2n) is 4.43. The Morgan fingerprint density at radius 1 is 1.36 bits per heavy atom. The summed E-state index contributed by atoms with van der Waals surface area (Å²) in [6, 6.07) is 4.81. The summed E-state index contributed by atoms with van der Waals surface area (Å²) < 4.78 is 28.9. The van der Waals surface area contributed by atoms with Crippen molar-refractivity contribution in [3.05, 3.63) is 42.0 Å². The van der Waals surface area contributed by atoms with Gasteiger partial charge in [0.05, 0.1) is 6.42 Å². The number of hydrogen-bond acceptors (Lipinski definition) is 3. The van der Waals surface area contributed by atoms with Crippen LogP contribution in [0.5, 0.6) is 5.75 Å². The molecule has 0 aliphatic heterocycles. The van der Waals surface area contributed by atoms with Crippen LogP contribution in [0.1, 0.15) is 18.9 Å². The maximum atomic E-state index is 12.3. The smallest absolute Gasteiger partial charge is 0.387 e. The molecule has 0 spiro atoms. The maximum absolute atomic E-state index is 12.3. The Hall–Kier alpha value is -2.44. The summed E-state index contributed by atoms with van der Waals surface area (Å²) in [6.07, 6.45) is 3.19. The summed E-state index contributed by atoms with van der Waals surface area (Å²) in [4.78, 5) is 22.9. The van der Waals surface area contributed by atoms with E-state index in [1.165, 1.54) is 18.2 Å². The average Bonchev–Trinajstić information content (AvgIpc) is 2.44. The molecule has 1 aromatic rings. The van der Waals surface area contributed by atoms with Gasteiger partial charge in [0.15, 0.2) is 0 Å². The minimum absolute atomic E-state index is 0.104.